The van der Waals surface area contributed by atoms with Gasteiger partial charge < -0.3 is 4.90 Å². The number of nitrogens with zero attached hydrogens (tertiary/aromatic N) is 1. The van der Waals surface area contributed by atoms with Crippen molar-refractivity contribution in [1.29, 1.82) is 0 Å². The summed E-state index contributed by atoms with van der Waals surface area (Å²) in [6.45, 7) is 0. The molecule has 0 spiro atoms. The topological polar surface area (TPSA) is 20.3 Å². The van der Waals surface area contributed by atoms with Crippen molar-refractivity contribution in [3.63, 3.8) is 0 Å². The van der Waals surface area contributed by atoms with Gasteiger partial charge in [-0.25, -0.2) is 0 Å². The van der Waals surface area contributed by atoms with Crippen molar-refractivity contribution >= 4 is 17.4 Å². The molecule has 0 aliphatic heterocycles. The Balaban J connectivity index is 2.09. The number of hydrogen-bond acceptors (Lipinski definition) is 2. The first-order valence-corrected chi connectivity index (χ1v) is 6.30. The zero-order valence-electron chi connectivity index (χ0n) is 10.6. The molecule has 18 heavy (non-hydrogen) atoms. The van der Waals surface area contributed by atoms with E-state index in [0.29, 0.717) is 17.0 Å². The molecule has 2 nitrogen and oxygen atoms in total. The highest BCUT2D eigenvalue weighted by Crippen LogP contribution is 2.26. The molecule has 0 amide bonds. The van der Waals surface area contributed by atoms with Crippen LogP contribution >= 0.6 is 11.6 Å². The van der Waals surface area contributed by atoms with Crippen molar-refractivity contribution in [2.24, 2.45) is 5.92 Å². The van der Waals surface area contributed by atoms with Crippen molar-refractivity contribution < 1.29 is 4.79 Å². The van der Waals surface area contributed by atoms with E-state index < -0.39 is 0 Å². The van der Waals surface area contributed by atoms with Crippen molar-refractivity contribution in [3.05, 3.63) is 58.8 Å². The number of ketones is 1. The largest absolute Gasteiger partial charge is 0.380 e. The molecule has 0 aromatic heterocycles. The zero-order chi connectivity index (χ0) is 13.1. The van der Waals surface area contributed by atoms with Crippen LogP contribution in [0.15, 0.2) is 48.2 Å². The molecule has 0 heterocycles. The second-order valence-corrected chi connectivity index (χ2v) is 5.05. The molecule has 0 bridgehead atoms. The number of carbonyl (C=O) groups is 1. The van der Waals surface area contributed by atoms with Gasteiger partial charge in [-0.1, -0.05) is 35.9 Å². The highest BCUT2D eigenvalue weighted by atomic mass is 35.5. The standard InChI is InChI=1S/C15H16ClNO/c1-17(2)14-8-4-5-11(14)10-15(18)12-6-3-7-13(16)9-12/h3-9,11H,10H2,1-2H3. The van der Waals surface area contributed by atoms with Crippen LogP contribution in [0.2, 0.25) is 5.02 Å². The van der Waals surface area contributed by atoms with Crippen LogP contribution in [0.1, 0.15) is 16.8 Å². The van der Waals surface area contributed by atoms with Gasteiger partial charge >= 0.3 is 0 Å². The minimum Gasteiger partial charge on any atom is -0.380 e. The molecule has 3 heteroatoms. The number of allylic oxidation sites excluding steroid dienone is 3. The first-order chi connectivity index (χ1) is 8.58. The molecule has 0 saturated carbocycles. The monoisotopic (exact) mass is 261 g/mol. The van der Waals surface area contributed by atoms with Crippen molar-refractivity contribution in [1.82, 2.24) is 4.90 Å². The Labute approximate surface area is 113 Å². The van der Waals surface area contributed by atoms with Gasteiger partial charge in [0.05, 0.1) is 0 Å². The van der Waals surface area contributed by atoms with Crippen LogP contribution in [0, 0.1) is 5.92 Å². The maximum Gasteiger partial charge on any atom is 0.163 e. The first-order valence-electron chi connectivity index (χ1n) is 5.92. The molecular weight excluding hydrogens is 246 g/mol. The lowest BCUT2D eigenvalue weighted by atomic mass is 9.97. The summed E-state index contributed by atoms with van der Waals surface area (Å²) >= 11 is 5.90. The van der Waals surface area contributed by atoms with Crippen molar-refractivity contribution in [3.8, 4) is 0 Å². The zero-order valence-corrected chi connectivity index (χ0v) is 11.3. The fraction of sp³-hybridized carbons (Fsp3) is 0.267. The summed E-state index contributed by atoms with van der Waals surface area (Å²) in [7, 11) is 3.99. The average Bonchev–Trinajstić information content (AvgIpc) is 2.77. The average molecular weight is 262 g/mol. The van der Waals surface area contributed by atoms with E-state index in [9.17, 15) is 4.79 Å². The van der Waals surface area contributed by atoms with E-state index in [0.717, 1.165) is 0 Å². The quantitative estimate of drug-likeness (QED) is 0.773. The summed E-state index contributed by atoms with van der Waals surface area (Å²) in [5, 5.41) is 0.603. The van der Waals surface area contributed by atoms with Gasteiger partial charge in [-0.2, -0.15) is 0 Å². The lowest BCUT2D eigenvalue weighted by Crippen LogP contribution is -2.18. The number of rotatable bonds is 4. The van der Waals surface area contributed by atoms with E-state index in [-0.39, 0.29) is 11.7 Å². The Kier molecular flexibility index (Phi) is 3.87. The SMILES string of the molecule is CN(C)C1=CC=CC1CC(=O)c1cccc(Cl)c1. The normalized spacial score (nSPS) is 17.7. The molecule has 0 radical (unpaired) electrons. The lowest BCUT2D eigenvalue weighted by molar-refractivity contribution is 0.0971. The predicted octanol–water partition coefficient (Wildman–Crippen LogP) is 3.54. The van der Waals surface area contributed by atoms with Crippen molar-refractivity contribution in [2.75, 3.05) is 14.1 Å². The van der Waals surface area contributed by atoms with Crippen LogP contribution in [0.4, 0.5) is 0 Å². The third-order valence-electron chi connectivity index (χ3n) is 3.06. The van der Waals surface area contributed by atoms with Crippen LogP contribution in [-0.2, 0) is 0 Å². The van der Waals surface area contributed by atoms with Crippen LogP contribution in [0.25, 0.3) is 0 Å². The molecule has 94 valence electrons. The summed E-state index contributed by atoms with van der Waals surface area (Å²) in [5.74, 6) is 0.299. The van der Waals surface area contributed by atoms with Gasteiger partial charge in [0.1, 0.15) is 0 Å². The number of Topliss-reactive ketones (excluding diaryl/α,β-unsaturated/α-hetero) is 1. The highest BCUT2D eigenvalue weighted by molar-refractivity contribution is 6.31. The highest BCUT2D eigenvalue weighted by Gasteiger charge is 2.20. The lowest BCUT2D eigenvalue weighted by Gasteiger charge is -2.20. The molecule has 1 aromatic carbocycles. The number of carbonyl (C=O) groups excluding carboxylic acids is 1. The summed E-state index contributed by atoms with van der Waals surface area (Å²) in [4.78, 5) is 14.2. The summed E-state index contributed by atoms with van der Waals surface area (Å²) in [5.41, 5.74) is 1.85. The van der Waals surface area contributed by atoms with Gasteiger partial charge in [0.15, 0.2) is 5.78 Å². The van der Waals surface area contributed by atoms with Gasteiger partial charge in [-0.15, -0.1) is 0 Å². The third-order valence-corrected chi connectivity index (χ3v) is 3.29. The maximum absolute atomic E-state index is 12.2. The molecule has 1 aliphatic rings. The van der Waals surface area contributed by atoms with E-state index in [1.165, 1.54) is 5.70 Å². The van der Waals surface area contributed by atoms with Gasteiger partial charge in [0.2, 0.25) is 0 Å². The minimum absolute atomic E-state index is 0.127. The van der Waals surface area contributed by atoms with Gasteiger partial charge in [0, 0.05) is 42.7 Å². The molecule has 1 atom stereocenters. The van der Waals surface area contributed by atoms with E-state index in [4.69, 9.17) is 11.6 Å². The Hall–Kier alpha value is -1.54. The van der Waals surface area contributed by atoms with Gasteiger partial charge in [0.25, 0.3) is 0 Å². The summed E-state index contributed by atoms with van der Waals surface area (Å²) < 4.78 is 0. The van der Waals surface area contributed by atoms with E-state index in [1.54, 1.807) is 12.1 Å². The molecule has 1 unspecified atom stereocenters. The fourth-order valence-electron chi connectivity index (χ4n) is 2.14. The molecule has 2 rings (SSSR count). The molecule has 1 aliphatic carbocycles. The number of halogens is 1. The van der Waals surface area contributed by atoms with Crippen LogP contribution < -0.4 is 0 Å². The smallest absolute Gasteiger partial charge is 0.163 e. The van der Waals surface area contributed by atoms with Gasteiger partial charge in [-0.3, -0.25) is 4.79 Å². The molecule has 0 saturated heterocycles. The molecule has 1 aromatic rings. The van der Waals surface area contributed by atoms with E-state index in [1.807, 2.05) is 32.3 Å². The Morgan fingerprint density at radius 3 is 2.83 bits per heavy atom. The molecule has 0 fully saturated rings. The maximum atomic E-state index is 12.2. The minimum atomic E-state index is 0.127. The summed E-state index contributed by atoms with van der Waals surface area (Å²) in [6.07, 6.45) is 6.61. The Morgan fingerprint density at radius 1 is 1.39 bits per heavy atom. The fourth-order valence-corrected chi connectivity index (χ4v) is 2.33. The molecule has 0 N–H and O–H groups in total. The first kappa shape index (κ1) is 12.9. The van der Waals surface area contributed by atoms with Gasteiger partial charge in [-0.05, 0) is 18.2 Å². The Bertz CT molecular complexity index is 517. The van der Waals surface area contributed by atoms with Crippen LogP contribution in [0.3, 0.4) is 0 Å². The van der Waals surface area contributed by atoms with Crippen LogP contribution in [-0.4, -0.2) is 24.8 Å². The second kappa shape index (κ2) is 5.40. The second-order valence-electron chi connectivity index (χ2n) is 4.62. The third kappa shape index (κ3) is 2.82. The van der Waals surface area contributed by atoms with E-state index >= 15 is 0 Å². The molecular formula is C15H16ClNO. The van der Waals surface area contributed by atoms with Crippen molar-refractivity contribution in [2.45, 2.75) is 6.42 Å². The Morgan fingerprint density at radius 2 is 2.17 bits per heavy atom. The summed E-state index contributed by atoms with van der Waals surface area (Å²) in [6, 6.07) is 7.12. The van der Waals surface area contributed by atoms with E-state index in [2.05, 4.69) is 17.1 Å². The number of benzene rings is 1. The van der Waals surface area contributed by atoms with Crippen LogP contribution in [0.5, 0.6) is 0 Å². The number of hydrogen-bond donors (Lipinski definition) is 0. The predicted molar refractivity (Wildman–Crippen MR) is 74.8 cm³/mol.